The molecule has 3 heterocycles. The van der Waals surface area contributed by atoms with Crippen molar-refractivity contribution in [1.82, 2.24) is 19.6 Å². The summed E-state index contributed by atoms with van der Waals surface area (Å²) in [5.74, 6) is 0.380. The van der Waals surface area contributed by atoms with E-state index in [1.54, 1.807) is 0 Å². The van der Waals surface area contributed by atoms with Crippen LogP contribution >= 0.6 is 22.7 Å². The van der Waals surface area contributed by atoms with Crippen molar-refractivity contribution in [2.75, 3.05) is 5.32 Å². The number of aromatic nitrogens is 4. The van der Waals surface area contributed by atoms with Gasteiger partial charge in [-0.1, -0.05) is 49.4 Å². The van der Waals surface area contributed by atoms with Crippen LogP contribution in [0.4, 0.5) is 5.13 Å². The van der Waals surface area contributed by atoms with Gasteiger partial charge in [0.15, 0.2) is 4.96 Å². The molecule has 0 aliphatic rings. The van der Waals surface area contributed by atoms with Crippen molar-refractivity contribution >= 4 is 38.7 Å². The molecular formula is C19H19N5OS2. The predicted molar refractivity (Wildman–Crippen MR) is 110 cm³/mol. The second-order valence-corrected chi connectivity index (χ2v) is 8.49. The number of hydrogen-bond acceptors (Lipinski definition) is 6. The lowest BCUT2D eigenvalue weighted by Crippen LogP contribution is -2.15. The number of hydrogen-bond donors (Lipinski definition) is 1. The lowest BCUT2D eigenvalue weighted by atomic mass is 10.0. The van der Waals surface area contributed by atoms with Crippen molar-refractivity contribution in [3.8, 4) is 10.6 Å². The van der Waals surface area contributed by atoms with Crippen LogP contribution in [0.15, 0.2) is 35.8 Å². The van der Waals surface area contributed by atoms with Crippen molar-refractivity contribution in [3.05, 3.63) is 52.8 Å². The molecule has 0 radical (unpaired) electrons. The Bertz CT molecular complexity index is 1090. The predicted octanol–water partition coefficient (Wildman–Crippen LogP) is 4.53. The number of aryl methyl sites for hydroxylation is 1. The summed E-state index contributed by atoms with van der Waals surface area (Å²) in [6, 6.07) is 8.30. The largest absolute Gasteiger partial charge is 0.300 e. The Morgan fingerprint density at radius 3 is 2.74 bits per heavy atom. The Morgan fingerprint density at radius 2 is 2.00 bits per heavy atom. The summed E-state index contributed by atoms with van der Waals surface area (Å²) < 4.78 is 1.96. The third kappa shape index (κ3) is 3.77. The van der Waals surface area contributed by atoms with Crippen molar-refractivity contribution in [3.63, 3.8) is 0 Å². The van der Waals surface area contributed by atoms with E-state index in [1.807, 2.05) is 35.0 Å². The van der Waals surface area contributed by atoms with Crippen LogP contribution < -0.4 is 5.32 Å². The molecule has 0 aliphatic carbocycles. The van der Waals surface area contributed by atoms with Gasteiger partial charge in [-0.05, 0) is 18.4 Å². The summed E-state index contributed by atoms with van der Waals surface area (Å²) in [5.41, 5.74) is 4.15. The van der Waals surface area contributed by atoms with Gasteiger partial charge < -0.3 is 5.32 Å². The molecule has 0 spiro atoms. The van der Waals surface area contributed by atoms with E-state index in [9.17, 15) is 4.79 Å². The number of imidazole rings is 1. The van der Waals surface area contributed by atoms with Gasteiger partial charge in [-0.3, -0.25) is 9.20 Å². The molecule has 0 aliphatic heterocycles. The number of fused-ring (bicyclic) bond motifs is 1. The highest BCUT2D eigenvalue weighted by Gasteiger charge is 2.13. The van der Waals surface area contributed by atoms with E-state index in [1.165, 1.54) is 28.2 Å². The second-order valence-electron chi connectivity index (χ2n) is 6.68. The van der Waals surface area contributed by atoms with E-state index in [2.05, 4.69) is 46.5 Å². The van der Waals surface area contributed by atoms with E-state index < -0.39 is 0 Å². The highest BCUT2D eigenvalue weighted by atomic mass is 32.1. The van der Waals surface area contributed by atoms with Gasteiger partial charge in [-0.2, -0.15) is 0 Å². The van der Waals surface area contributed by atoms with Crippen molar-refractivity contribution in [1.29, 1.82) is 0 Å². The number of rotatable bonds is 5. The van der Waals surface area contributed by atoms with Gasteiger partial charge in [-0.25, -0.2) is 4.98 Å². The maximum absolute atomic E-state index is 12.4. The monoisotopic (exact) mass is 397 g/mol. The molecule has 1 aromatic carbocycles. The van der Waals surface area contributed by atoms with Gasteiger partial charge in [-0.15, -0.1) is 21.5 Å². The molecule has 0 unspecified atom stereocenters. The fourth-order valence-corrected chi connectivity index (χ4v) is 4.48. The second kappa shape index (κ2) is 7.21. The molecule has 138 valence electrons. The maximum atomic E-state index is 12.4. The van der Waals surface area contributed by atoms with Crippen LogP contribution in [0.5, 0.6) is 0 Å². The fraction of sp³-hybridized carbons (Fsp3) is 0.263. The Hall–Kier alpha value is -2.58. The number of nitrogens with zero attached hydrogens (tertiary/aromatic N) is 4. The molecule has 4 aromatic rings. The van der Waals surface area contributed by atoms with E-state index in [0.717, 1.165) is 26.9 Å². The maximum Gasteiger partial charge on any atom is 0.232 e. The first-order chi connectivity index (χ1) is 13.0. The van der Waals surface area contributed by atoms with Gasteiger partial charge in [0.05, 0.1) is 12.1 Å². The lowest BCUT2D eigenvalue weighted by molar-refractivity contribution is -0.115. The minimum Gasteiger partial charge on any atom is -0.300 e. The zero-order chi connectivity index (χ0) is 19.0. The number of benzene rings is 1. The molecular weight excluding hydrogens is 378 g/mol. The molecule has 27 heavy (non-hydrogen) atoms. The Labute approximate surface area is 164 Å². The van der Waals surface area contributed by atoms with Crippen LogP contribution in [0.2, 0.25) is 0 Å². The fourth-order valence-electron chi connectivity index (χ4n) is 2.80. The summed E-state index contributed by atoms with van der Waals surface area (Å²) in [7, 11) is 0. The highest BCUT2D eigenvalue weighted by Crippen LogP contribution is 2.28. The van der Waals surface area contributed by atoms with Gasteiger partial charge >= 0.3 is 0 Å². The van der Waals surface area contributed by atoms with Crippen LogP contribution in [-0.4, -0.2) is 25.5 Å². The summed E-state index contributed by atoms with van der Waals surface area (Å²) >= 11 is 2.91. The van der Waals surface area contributed by atoms with Crippen molar-refractivity contribution in [2.24, 2.45) is 0 Å². The first-order valence-electron chi connectivity index (χ1n) is 8.65. The highest BCUT2D eigenvalue weighted by molar-refractivity contribution is 7.18. The van der Waals surface area contributed by atoms with Gasteiger partial charge in [0.2, 0.25) is 11.0 Å². The van der Waals surface area contributed by atoms with E-state index in [0.29, 0.717) is 11.0 Å². The summed E-state index contributed by atoms with van der Waals surface area (Å²) in [6.45, 7) is 6.28. The lowest BCUT2D eigenvalue weighted by Gasteiger charge is -2.04. The van der Waals surface area contributed by atoms with Crippen LogP contribution in [0.25, 0.3) is 15.5 Å². The molecule has 0 saturated carbocycles. The zero-order valence-corrected chi connectivity index (χ0v) is 16.9. The van der Waals surface area contributed by atoms with E-state index in [4.69, 9.17) is 0 Å². The topological polar surface area (TPSA) is 72.2 Å². The average Bonchev–Trinajstić information content (AvgIpc) is 3.33. The van der Waals surface area contributed by atoms with Crippen molar-refractivity contribution < 1.29 is 4.79 Å². The van der Waals surface area contributed by atoms with E-state index in [-0.39, 0.29) is 12.3 Å². The van der Waals surface area contributed by atoms with Crippen LogP contribution in [0.1, 0.15) is 36.7 Å². The molecule has 8 heteroatoms. The first kappa shape index (κ1) is 17.8. The van der Waals surface area contributed by atoms with Crippen molar-refractivity contribution in [2.45, 2.75) is 33.1 Å². The summed E-state index contributed by atoms with van der Waals surface area (Å²) in [6.07, 6.45) is 2.21. The Kier molecular flexibility index (Phi) is 4.75. The standard InChI is InChI=1S/C19H19N5OS2/c1-11(2)13-4-6-14(7-5-13)17-22-23-18(27-17)21-16(25)8-15-10-26-19-20-12(3)9-24(15)19/h4-7,9-11H,8H2,1-3H3,(H,21,23,25). The average molecular weight is 398 g/mol. The molecule has 3 aromatic heterocycles. The quantitative estimate of drug-likeness (QED) is 0.537. The molecule has 0 bridgehead atoms. The Balaban J connectivity index is 1.44. The van der Waals surface area contributed by atoms with Gasteiger partial charge in [0, 0.05) is 22.8 Å². The molecule has 0 atom stereocenters. The number of carbonyl (C=O) groups is 1. The molecule has 0 fully saturated rings. The number of anilines is 1. The zero-order valence-electron chi connectivity index (χ0n) is 15.3. The molecule has 0 saturated heterocycles. The smallest absolute Gasteiger partial charge is 0.232 e. The number of amides is 1. The minimum absolute atomic E-state index is 0.112. The third-order valence-corrected chi connectivity index (χ3v) is 6.02. The van der Waals surface area contributed by atoms with Crippen LogP contribution in [-0.2, 0) is 11.2 Å². The molecule has 4 rings (SSSR count). The van der Waals surface area contributed by atoms with Gasteiger partial charge in [0.25, 0.3) is 0 Å². The van der Waals surface area contributed by atoms with Gasteiger partial charge in [0.1, 0.15) is 5.01 Å². The third-order valence-electron chi connectivity index (χ3n) is 4.24. The number of thiazole rings is 1. The summed E-state index contributed by atoms with van der Waals surface area (Å²) in [4.78, 5) is 17.7. The van der Waals surface area contributed by atoms with E-state index >= 15 is 0 Å². The molecule has 1 amide bonds. The van der Waals surface area contributed by atoms with Crippen LogP contribution in [0, 0.1) is 6.92 Å². The summed E-state index contributed by atoms with van der Waals surface area (Å²) in [5, 5.41) is 14.4. The van der Waals surface area contributed by atoms with Crippen LogP contribution in [0.3, 0.4) is 0 Å². The number of carbonyl (C=O) groups excluding carboxylic acids is 1. The normalized spacial score (nSPS) is 11.4. The Morgan fingerprint density at radius 1 is 1.22 bits per heavy atom. The molecule has 6 nitrogen and oxygen atoms in total. The molecule has 1 N–H and O–H groups in total. The number of nitrogens with one attached hydrogen (secondary N) is 1. The minimum atomic E-state index is -0.112. The first-order valence-corrected chi connectivity index (χ1v) is 10.3. The SMILES string of the molecule is Cc1cn2c(CC(=O)Nc3nnc(-c4ccc(C(C)C)cc4)s3)csc2n1.